The third kappa shape index (κ3) is 5.82. The summed E-state index contributed by atoms with van der Waals surface area (Å²) >= 11 is 14.2. The quantitative estimate of drug-likeness (QED) is 0.171. The van der Waals surface area contributed by atoms with E-state index >= 15 is 0 Å². The second kappa shape index (κ2) is 10.9. The Bertz CT molecular complexity index is 1400. The number of nitrogens with zero attached hydrogens (tertiary/aromatic N) is 4. The van der Waals surface area contributed by atoms with Crippen molar-refractivity contribution in [2.45, 2.75) is 24.4 Å². The van der Waals surface area contributed by atoms with Crippen LogP contribution in [0.15, 0.2) is 71.9 Å². The van der Waals surface area contributed by atoms with Crippen molar-refractivity contribution in [2.75, 3.05) is 0 Å². The number of benzene rings is 3. The topological polar surface area (TPSA) is 103 Å². The maximum Gasteiger partial charge on any atom is 0.273 e. The number of aryl methyl sites for hydroxylation is 1. The summed E-state index contributed by atoms with van der Waals surface area (Å²) in [6.45, 7) is 1.63. The van der Waals surface area contributed by atoms with Crippen LogP contribution in [-0.4, -0.2) is 25.6 Å². The van der Waals surface area contributed by atoms with Gasteiger partial charge in [-0.1, -0.05) is 71.4 Å². The number of halogens is 2. The monoisotopic (exact) mass is 527 g/mol. The van der Waals surface area contributed by atoms with E-state index in [1.807, 2.05) is 30.3 Å². The first kappa shape index (κ1) is 24.7. The minimum atomic E-state index is -0.514. The number of carbonyl (C=O) groups excluding carboxylic acids is 1. The Morgan fingerprint density at radius 2 is 1.86 bits per heavy atom. The van der Waals surface area contributed by atoms with Gasteiger partial charge in [0.05, 0.1) is 22.2 Å². The second-order valence-electron chi connectivity index (χ2n) is 7.55. The first-order valence-electron chi connectivity index (χ1n) is 10.4. The van der Waals surface area contributed by atoms with Crippen molar-refractivity contribution in [1.82, 2.24) is 20.1 Å². The maximum absolute atomic E-state index is 12.7. The fraction of sp³-hybridized carbons (Fsp3) is 0.125. The number of hydrogen-bond donors (Lipinski definition) is 1. The zero-order chi connectivity index (χ0) is 24.9. The van der Waals surface area contributed by atoms with E-state index in [2.05, 4.69) is 15.5 Å². The van der Waals surface area contributed by atoms with Crippen LogP contribution < -0.4 is 5.32 Å². The Morgan fingerprint density at radius 1 is 1.09 bits per heavy atom. The van der Waals surface area contributed by atoms with Gasteiger partial charge in [-0.15, -0.1) is 10.2 Å². The molecule has 1 amide bonds. The molecule has 178 valence electrons. The van der Waals surface area contributed by atoms with Crippen molar-refractivity contribution in [1.29, 1.82) is 0 Å². The lowest BCUT2D eigenvalue weighted by molar-refractivity contribution is -0.385. The van der Waals surface area contributed by atoms with E-state index in [0.717, 1.165) is 5.56 Å². The van der Waals surface area contributed by atoms with Crippen molar-refractivity contribution < 1.29 is 9.72 Å². The minimum Gasteiger partial charge on any atom is -0.345 e. The number of aromatic nitrogens is 3. The zero-order valence-electron chi connectivity index (χ0n) is 18.4. The molecule has 0 aliphatic rings. The van der Waals surface area contributed by atoms with E-state index in [1.54, 1.807) is 35.8 Å². The van der Waals surface area contributed by atoms with Crippen LogP contribution in [-0.2, 0) is 12.3 Å². The number of amides is 1. The molecular formula is C24H19Cl2N5O3S. The van der Waals surface area contributed by atoms with E-state index < -0.39 is 10.8 Å². The Balaban J connectivity index is 1.61. The van der Waals surface area contributed by atoms with Crippen LogP contribution in [0.1, 0.15) is 27.3 Å². The number of rotatable bonds is 8. The molecule has 0 unspecified atom stereocenters. The molecule has 0 fully saturated rings. The Kier molecular flexibility index (Phi) is 7.70. The van der Waals surface area contributed by atoms with Gasteiger partial charge in [0.1, 0.15) is 0 Å². The van der Waals surface area contributed by atoms with Crippen molar-refractivity contribution in [2.24, 2.45) is 0 Å². The molecule has 1 N–H and O–H groups in total. The summed E-state index contributed by atoms with van der Waals surface area (Å²) < 4.78 is 1.75. The third-order valence-corrected chi connectivity index (χ3v) is 6.69. The van der Waals surface area contributed by atoms with Gasteiger partial charge < -0.3 is 5.32 Å². The van der Waals surface area contributed by atoms with E-state index in [1.165, 1.54) is 23.9 Å². The van der Waals surface area contributed by atoms with Crippen LogP contribution >= 0.6 is 35.0 Å². The van der Waals surface area contributed by atoms with Crippen molar-refractivity contribution in [3.8, 4) is 5.69 Å². The highest BCUT2D eigenvalue weighted by molar-refractivity contribution is 7.98. The molecule has 8 nitrogen and oxygen atoms in total. The van der Waals surface area contributed by atoms with Crippen LogP contribution in [0.2, 0.25) is 10.0 Å². The first-order valence-corrected chi connectivity index (χ1v) is 12.2. The predicted molar refractivity (Wildman–Crippen MR) is 136 cm³/mol. The van der Waals surface area contributed by atoms with Crippen LogP contribution in [0.5, 0.6) is 0 Å². The normalized spacial score (nSPS) is 10.8. The summed E-state index contributed by atoms with van der Waals surface area (Å²) in [5.74, 6) is 0.606. The molecule has 3 aromatic carbocycles. The number of hydrogen-bond acceptors (Lipinski definition) is 6. The van der Waals surface area contributed by atoms with E-state index in [0.29, 0.717) is 38.0 Å². The number of nitrogens with one attached hydrogen (secondary N) is 1. The molecule has 0 aliphatic heterocycles. The number of nitro groups is 1. The van der Waals surface area contributed by atoms with Gasteiger partial charge in [-0.2, -0.15) is 0 Å². The van der Waals surface area contributed by atoms with Gasteiger partial charge in [0.25, 0.3) is 11.6 Å². The standard InChI is InChI=1S/C24H19Cl2N5O3S/c1-15-7-8-17(11-20(15)31(33)34)23(32)27-13-22-28-29-24(35-14-16-5-3-2-4-6-16)30(22)21-12-18(25)9-10-19(21)26/h2-12H,13-14H2,1H3,(H,27,32). The average Bonchev–Trinajstić information content (AvgIpc) is 3.26. The van der Waals surface area contributed by atoms with Gasteiger partial charge >= 0.3 is 0 Å². The van der Waals surface area contributed by atoms with Crippen molar-refractivity contribution in [3.05, 3.63) is 109 Å². The molecule has 1 aromatic heterocycles. The molecule has 0 spiro atoms. The van der Waals surface area contributed by atoms with Gasteiger partial charge in [-0.3, -0.25) is 19.5 Å². The largest absolute Gasteiger partial charge is 0.345 e. The van der Waals surface area contributed by atoms with Gasteiger partial charge in [-0.05, 0) is 36.8 Å². The third-order valence-electron chi connectivity index (χ3n) is 5.14. The second-order valence-corrected chi connectivity index (χ2v) is 9.33. The Hall–Kier alpha value is -3.40. The Labute approximate surface area is 215 Å². The summed E-state index contributed by atoms with van der Waals surface area (Å²) in [7, 11) is 0. The molecule has 1 heterocycles. The molecule has 0 saturated heterocycles. The average molecular weight is 528 g/mol. The molecular weight excluding hydrogens is 509 g/mol. The van der Waals surface area contributed by atoms with Gasteiger partial charge in [-0.25, -0.2) is 0 Å². The van der Waals surface area contributed by atoms with Crippen LogP contribution in [0.25, 0.3) is 5.69 Å². The zero-order valence-corrected chi connectivity index (χ0v) is 20.8. The summed E-state index contributed by atoms with van der Waals surface area (Å²) in [5, 5.41) is 24.1. The summed E-state index contributed by atoms with van der Waals surface area (Å²) in [6, 6.07) is 19.3. The minimum absolute atomic E-state index is 0.0161. The number of thioether (sulfide) groups is 1. The SMILES string of the molecule is Cc1ccc(C(=O)NCc2nnc(SCc3ccccc3)n2-c2cc(Cl)ccc2Cl)cc1[N+](=O)[O-]. The van der Waals surface area contributed by atoms with Crippen LogP contribution in [0.4, 0.5) is 5.69 Å². The number of nitro benzene ring substituents is 1. The summed E-state index contributed by atoms with van der Waals surface area (Å²) in [4.78, 5) is 23.5. The highest BCUT2D eigenvalue weighted by atomic mass is 35.5. The molecule has 0 saturated carbocycles. The van der Waals surface area contributed by atoms with Gasteiger partial charge in [0.15, 0.2) is 11.0 Å². The molecule has 11 heteroatoms. The fourth-order valence-corrected chi connectivity index (χ4v) is 4.63. The van der Waals surface area contributed by atoms with Crippen LogP contribution in [0, 0.1) is 17.0 Å². The van der Waals surface area contributed by atoms with Crippen LogP contribution in [0.3, 0.4) is 0 Å². The van der Waals surface area contributed by atoms with Crippen molar-refractivity contribution >= 4 is 46.6 Å². The Morgan fingerprint density at radius 3 is 2.60 bits per heavy atom. The summed E-state index contributed by atoms with van der Waals surface area (Å²) in [6.07, 6.45) is 0. The molecule has 0 aliphatic carbocycles. The predicted octanol–water partition coefficient (Wildman–Crippen LogP) is 6.01. The lowest BCUT2D eigenvalue weighted by atomic mass is 10.1. The molecule has 35 heavy (non-hydrogen) atoms. The molecule has 0 radical (unpaired) electrons. The summed E-state index contributed by atoms with van der Waals surface area (Å²) in [5.41, 5.74) is 2.22. The van der Waals surface area contributed by atoms with Gasteiger partial charge in [0, 0.05) is 28.0 Å². The number of carbonyl (C=O) groups is 1. The van der Waals surface area contributed by atoms with E-state index in [-0.39, 0.29) is 17.8 Å². The maximum atomic E-state index is 12.7. The molecule has 0 atom stereocenters. The van der Waals surface area contributed by atoms with Crippen molar-refractivity contribution in [3.63, 3.8) is 0 Å². The molecule has 0 bridgehead atoms. The van der Waals surface area contributed by atoms with E-state index in [9.17, 15) is 14.9 Å². The molecule has 4 rings (SSSR count). The fourth-order valence-electron chi connectivity index (χ4n) is 3.34. The highest BCUT2D eigenvalue weighted by Crippen LogP contribution is 2.31. The lowest BCUT2D eigenvalue weighted by Crippen LogP contribution is -2.25. The smallest absolute Gasteiger partial charge is 0.273 e. The van der Waals surface area contributed by atoms with Gasteiger partial charge in [0.2, 0.25) is 0 Å². The van der Waals surface area contributed by atoms with E-state index in [4.69, 9.17) is 23.2 Å². The lowest BCUT2D eigenvalue weighted by Gasteiger charge is -2.13. The highest BCUT2D eigenvalue weighted by Gasteiger charge is 2.19. The first-order chi connectivity index (χ1) is 16.8. The molecule has 4 aromatic rings.